The molecule has 180 valence electrons. The summed E-state index contributed by atoms with van der Waals surface area (Å²) in [6, 6.07) is -2.03. The van der Waals surface area contributed by atoms with E-state index in [9.17, 15) is 35.1 Å². The van der Waals surface area contributed by atoms with E-state index < -0.39 is 84.6 Å². The van der Waals surface area contributed by atoms with E-state index in [1.807, 2.05) is 0 Å². The Morgan fingerprint density at radius 2 is 1.48 bits per heavy atom. The highest BCUT2D eigenvalue weighted by Crippen LogP contribution is 2.38. The molecule has 0 unspecified atom stereocenters. The summed E-state index contributed by atoms with van der Waals surface area (Å²) in [5.41, 5.74) is -1.02. The lowest BCUT2D eigenvalue weighted by atomic mass is 9.98. The Morgan fingerprint density at radius 3 is 2.00 bits per heavy atom. The molecule has 2 saturated heterocycles. The van der Waals surface area contributed by atoms with Crippen LogP contribution in [0, 0.1) is 0 Å². The highest BCUT2D eigenvalue weighted by molar-refractivity contribution is 8.00. The van der Waals surface area contributed by atoms with Gasteiger partial charge in [-0.15, -0.1) is 11.8 Å². The number of hydrogen-bond donors (Lipinski definition) is 7. The van der Waals surface area contributed by atoms with Crippen molar-refractivity contribution in [3.63, 3.8) is 0 Å². The highest BCUT2D eigenvalue weighted by Gasteiger charge is 2.51. The lowest BCUT2D eigenvalue weighted by Crippen LogP contribution is -2.66. The topological polar surface area (TPSA) is 187 Å². The van der Waals surface area contributed by atoms with Crippen LogP contribution in [0.15, 0.2) is 0 Å². The van der Waals surface area contributed by atoms with Crippen LogP contribution in [-0.2, 0) is 23.8 Å². The predicted octanol–water partition coefficient (Wildman–Crippen LogP) is -3.35. The molecule has 0 aromatic rings. The normalized spacial score (nSPS) is 40.9. The van der Waals surface area contributed by atoms with Crippen molar-refractivity contribution in [2.75, 3.05) is 19.8 Å². The fourth-order valence-electron chi connectivity index (χ4n) is 3.67. The lowest BCUT2D eigenvalue weighted by Gasteiger charge is -2.47. The Hall–Kier alpha value is -1.03. The van der Waals surface area contributed by atoms with Gasteiger partial charge in [-0.05, 0) is 6.92 Å². The zero-order valence-electron chi connectivity index (χ0n) is 17.6. The lowest BCUT2D eigenvalue weighted by molar-refractivity contribution is -0.232. The second kappa shape index (κ2) is 11.7. The molecule has 0 spiro atoms. The molecule has 0 bridgehead atoms. The Bertz CT molecular complexity index is 614. The molecule has 31 heavy (non-hydrogen) atoms. The van der Waals surface area contributed by atoms with Gasteiger partial charge in [-0.3, -0.25) is 9.59 Å². The van der Waals surface area contributed by atoms with Gasteiger partial charge < -0.3 is 50.4 Å². The Balaban J connectivity index is 2.29. The monoisotopic (exact) mass is 468 g/mol. The van der Waals surface area contributed by atoms with Crippen molar-refractivity contribution in [2.24, 2.45) is 0 Å². The van der Waals surface area contributed by atoms with Gasteiger partial charge in [0.25, 0.3) is 0 Å². The molecule has 2 heterocycles. The standard InChI is InChI=1S/C18H32N2O10S/c1-4-28-17-11(19-7(2)23)15(27)16(10(6-22)29-17)31-18-12(20-8(3)24)14(26)13(25)9(5-21)30-18/h9-18,21-22,25-27H,4-6H2,1-3H3,(H,19,23)(H,20,24)/t9-,10-,11-,12-,13-,14-,15-,16-,17-,18+/m1/s1. The van der Waals surface area contributed by atoms with Crippen molar-refractivity contribution in [3.8, 4) is 0 Å². The molecule has 2 fully saturated rings. The maximum Gasteiger partial charge on any atom is 0.217 e. The minimum atomic E-state index is -1.45. The fraction of sp³-hybridized carbons (Fsp3) is 0.889. The van der Waals surface area contributed by atoms with Crippen LogP contribution in [0.25, 0.3) is 0 Å². The molecule has 2 amide bonds. The second-order valence-electron chi connectivity index (χ2n) is 7.43. The van der Waals surface area contributed by atoms with Gasteiger partial charge in [-0.2, -0.15) is 0 Å². The molecule has 12 nitrogen and oxygen atoms in total. The molecule has 7 N–H and O–H groups in total. The number of hydrogen-bond acceptors (Lipinski definition) is 11. The number of carbonyl (C=O) groups excluding carboxylic acids is 2. The maximum atomic E-state index is 11.6. The first-order valence-corrected chi connectivity index (χ1v) is 11.0. The smallest absolute Gasteiger partial charge is 0.217 e. The molecule has 2 aliphatic heterocycles. The van der Waals surface area contributed by atoms with Gasteiger partial charge in [-0.25, -0.2) is 0 Å². The van der Waals surface area contributed by atoms with Crippen LogP contribution in [0.1, 0.15) is 20.8 Å². The number of aliphatic hydroxyl groups excluding tert-OH is 5. The second-order valence-corrected chi connectivity index (χ2v) is 8.71. The van der Waals surface area contributed by atoms with Gasteiger partial charge in [0.1, 0.15) is 29.8 Å². The summed E-state index contributed by atoms with van der Waals surface area (Å²) < 4.78 is 16.9. The minimum Gasteiger partial charge on any atom is -0.394 e. The van der Waals surface area contributed by atoms with E-state index in [4.69, 9.17) is 14.2 Å². The summed E-state index contributed by atoms with van der Waals surface area (Å²) in [4.78, 5) is 23.3. The molecule has 13 heteroatoms. The van der Waals surface area contributed by atoms with Crippen LogP contribution >= 0.6 is 11.8 Å². The molecule has 0 radical (unpaired) electrons. The van der Waals surface area contributed by atoms with E-state index in [2.05, 4.69) is 10.6 Å². The van der Waals surface area contributed by atoms with Crippen LogP contribution in [0.2, 0.25) is 0 Å². The van der Waals surface area contributed by atoms with Crippen LogP contribution in [-0.4, -0.2) is 117 Å². The number of thioether (sulfide) groups is 1. The van der Waals surface area contributed by atoms with Gasteiger partial charge in [-0.1, -0.05) is 0 Å². The van der Waals surface area contributed by atoms with E-state index in [0.717, 1.165) is 11.8 Å². The van der Waals surface area contributed by atoms with Crippen LogP contribution in [0.5, 0.6) is 0 Å². The van der Waals surface area contributed by atoms with E-state index in [0.29, 0.717) is 0 Å². The summed E-state index contributed by atoms with van der Waals surface area (Å²) in [5, 5.41) is 55.2. The summed E-state index contributed by atoms with van der Waals surface area (Å²) in [7, 11) is 0. The Kier molecular flexibility index (Phi) is 9.92. The first-order valence-electron chi connectivity index (χ1n) is 10.0. The number of amides is 2. The predicted molar refractivity (Wildman–Crippen MR) is 108 cm³/mol. The maximum absolute atomic E-state index is 11.6. The zero-order chi connectivity index (χ0) is 23.3. The van der Waals surface area contributed by atoms with Crippen molar-refractivity contribution in [2.45, 2.75) is 80.4 Å². The van der Waals surface area contributed by atoms with Gasteiger partial charge >= 0.3 is 0 Å². The van der Waals surface area contributed by atoms with Gasteiger partial charge in [0.05, 0.1) is 36.7 Å². The van der Waals surface area contributed by atoms with Crippen LogP contribution in [0.3, 0.4) is 0 Å². The number of nitrogens with one attached hydrogen (secondary N) is 2. The molecular weight excluding hydrogens is 436 g/mol. The van der Waals surface area contributed by atoms with E-state index in [1.165, 1.54) is 13.8 Å². The third kappa shape index (κ3) is 6.27. The van der Waals surface area contributed by atoms with Crippen molar-refractivity contribution in [1.82, 2.24) is 10.6 Å². The molecule has 2 rings (SSSR count). The SMILES string of the molecule is CCO[C@@H]1O[C@H](CO)[C@@H](S[C@@H]2O[C@H](CO)[C@@H](O)[C@H](O)[C@H]2NC(C)=O)[C@H](O)[C@H]1NC(C)=O. The zero-order valence-corrected chi connectivity index (χ0v) is 18.4. The Morgan fingerprint density at radius 1 is 0.903 bits per heavy atom. The average Bonchev–Trinajstić information content (AvgIpc) is 2.71. The summed E-state index contributed by atoms with van der Waals surface area (Å²) in [6.07, 6.45) is -7.23. The number of carbonyl (C=O) groups is 2. The van der Waals surface area contributed by atoms with Crippen molar-refractivity contribution >= 4 is 23.6 Å². The number of rotatable bonds is 8. The largest absolute Gasteiger partial charge is 0.394 e. The van der Waals surface area contributed by atoms with Crippen molar-refractivity contribution < 1.29 is 49.3 Å². The minimum absolute atomic E-state index is 0.238. The average molecular weight is 469 g/mol. The summed E-state index contributed by atoms with van der Waals surface area (Å²) in [6.45, 7) is 3.38. The highest BCUT2D eigenvalue weighted by atomic mass is 32.2. The Labute approximate surface area is 184 Å². The molecule has 0 saturated carbocycles. The molecule has 0 aromatic carbocycles. The molecule has 0 aromatic heterocycles. The van der Waals surface area contributed by atoms with Gasteiger partial charge in [0.15, 0.2) is 6.29 Å². The molecule has 0 aliphatic carbocycles. The third-order valence-corrected chi connectivity index (χ3v) is 6.67. The quantitative estimate of drug-likeness (QED) is 0.189. The van der Waals surface area contributed by atoms with Crippen LogP contribution < -0.4 is 10.6 Å². The third-order valence-electron chi connectivity index (χ3n) is 5.10. The summed E-state index contributed by atoms with van der Waals surface area (Å²) in [5.74, 6) is -0.910. The number of ether oxygens (including phenoxy) is 3. The molecular formula is C18H32N2O10S. The van der Waals surface area contributed by atoms with Crippen molar-refractivity contribution in [1.29, 1.82) is 0 Å². The van der Waals surface area contributed by atoms with Gasteiger partial charge in [0.2, 0.25) is 11.8 Å². The van der Waals surface area contributed by atoms with Crippen molar-refractivity contribution in [3.05, 3.63) is 0 Å². The van der Waals surface area contributed by atoms with E-state index in [1.54, 1.807) is 6.92 Å². The molecule has 2 aliphatic rings. The first-order chi connectivity index (χ1) is 14.6. The van der Waals surface area contributed by atoms with E-state index in [-0.39, 0.29) is 6.61 Å². The van der Waals surface area contributed by atoms with Gasteiger partial charge in [0, 0.05) is 20.5 Å². The van der Waals surface area contributed by atoms with Crippen LogP contribution in [0.4, 0.5) is 0 Å². The molecule has 10 atom stereocenters. The summed E-state index contributed by atoms with van der Waals surface area (Å²) >= 11 is 0.947. The number of aliphatic hydroxyl groups is 5. The fourth-order valence-corrected chi connectivity index (χ4v) is 5.24. The first kappa shape index (κ1) is 26.2. The van der Waals surface area contributed by atoms with E-state index >= 15 is 0 Å².